The van der Waals surface area contributed by atoms with Crippen LogP contribution in [0.4, 0.5) is 17.1 Å². The normalized spacial score (nSPS) is 17.9. The third-order valence-electron chi connectivity index (χ3n) is 21.8. The van der Waals surface area contributed by atoms with E-state index in [1.54, 1.807) is 24.4 Å². The zero-order chi connectivity index (χ0) is 82.3. The molecule has 23 nitrogen and oxygen atoms in total. The second-order valence-corrected chi connectivity index (χ2v) is 29.9. The molecule has 8 atom stereocenters. The van der Waals surface area contributed by atoms with Gasteiger partial charge in [0, 0.05) is 98.3 Å². The molecule has 13 aromatic rings. The monoisotopic (exact) mass is 1590 g/mol. The summed E-state index contributed by atoms with van der Waals surface area (Å²) in [7, 11) is 2.67. The summed E-state index contributed by atoms with van der Waals surface area (Å²) in [4.78, 5) is 120. The van der Waals surface area contributed by atoms with Gasteiger partial charge in [-0.15, -0.1) is 0 Å². The van der Waals surface area contributed by atoms with Crippen molar-refractivity contribution in [2.24, 2.45) is 28.8 Å². The standard InChI is InChI=1S/C29H24N4O4.C29H26N2O5.C27H24N2O4.C10H10O2.CH4/c1-16(34)37-15-17-6-5-9-19(10-17)27-24-14-30-33-29(36)23-11-20(12-25(32-27)26(23)24)31-28(35)22-13-21(22)18-7-3-2-4-8-18;1-17(32)36-16-18-7-6-10-20(11-18)26-15-23-25(29(34)35-2)12-21(13-27(23)31-26)30-28(33)24-14-22(24)19-8-4-3-5-9-19;1-33-27(32)23-11-19(28-26(31)22-13-20(22)17-7-3-2-4-8-17)12-25-21(23)14-24(29-25)18-9-5-6-16(10-18)15-30;11-10(12)9-6-8(9)7-4-2-1-3-5-7;/h2-12,14,21-22,32H,13,15H2,1H3,(H,31,35)(H,33,36);3-13,15,22,24,31H,14,16H2,1-2H3,(H,30,33);2-12,14,20,22,29-30H,13,15H2,1H3,(H,28,31);1-5,8-9H,6H2,(H,11,12);1H4/t21-,22+;22-,24?;20-,22?;8-,9?;/m0000./s1. The Balaban J connectivity index is 0.000000136. The summed E-state index contributed by atoms with van der Waals surface area (Å²) in [5.74, 6) is -2.32. The van der Waals surface area contributed by atoms with Crippen molar-refractivity contribution in [1.29, 1.82) is 0 Å². The molecule has 10 aromatic carbocycles. The first-order chi connectivity index (χ1) is 57.3. The Kier molecular flexibility index (Phi) is 24.5. The minimum absolute atomic E-state index is 0. The predicted molar refractivity (Wildman–Crippen MR) is 455 cm³/mol. The summed E-state index contributed by atoms with van der Waals surface area (Å²) in [5.41, 5.74) is 20.3. The number of carboxylic acid groups (broad SMARTS) is 1. The molecule has 3 unspecified atom stereocenters. The topological polar surface area (TPSA) is 339 Å². The van der Waals surface area contributed by atoms with E-state index in [-0.39, 0.29) is 110 Å². The number of carbonyl (C=O) groups excluding carboxylic acids is 8. The number of nitrogens with zero attached hydrogens (tertiary/aromatic N) is 1. The largest absolute Gasteiger partial charge is 0.481 e. The molecule has 5 aliphatic rings. The number of esters is 4. The van der Waals surface area contributed by atoms with Crippen molar-refractivity contribution >= 4 is 109 Å². The number of methoxy groups -OCH3 is 2. The van der Waals surface area contributed by atoms with Crippen LogP contribution in [0.2, 0.25) is 0 Å². The predicted octanol–water partition coefficient (Wildman–Crippen LogP) is 17.5. The molecule has 18 rings (SSSR count). The van der Waals surface area contributed by atoms with Gasteiger partial charge in [-0.1, -0.05) is 183 Å². The number of amides is 4. The lowest BCUT2D eigenvalue weighted by molar-refractivity contribution is -0.143. The number of fused-ring (bicyclic) bond motifs is 2. The Labute approximate surface area is 685 Å². The highest BCUT2D eigenvalue weighted by atomic mass is 16.5. The molecule has 3 aromatic heterocycles. The van der Waals surface area contributed by atoms with Gasteiger partial charge in [0.25, 0.3) is 5.91 Å². The number of benzene rings is 10. The van der Waals surface area contributed by atoms with Crippen molar-refractivity contribution in [3.8, 4) is 33.8 Å². The van der Waals surface area contributed by atoms with E-state index in [0.29, 0.717) is 61.1 Å². The molecule has 1 aliphatic heterocycles. The molecule has 9 N–H and O–H groups in total. The van der Waals surface area contributed by atoms with Gasteiger partial charge in [0.05, 0.1) is 55.3 Å². The fourth-order valence-electron chi connectivity index (χ4n) is 15.4. The van der Waals surface area contributed by atoms with Gasteiger partial charge in [-0.05, 0) is 172 Å². The van der Waals surface area contributed by atoms with Gasteiger partial charge < -0.3 is 60.1 Å². The molecule has 0 saturated heterocycles. The molecule has 4 saturated carbocycles. The number of aromatic nitrogens is 3. The lowest BCUT2D eigenvalue weighted by Gasteiger charge is -2.08. The molecular weight excluding hydrogens is 1510 g/mol. The summed E-state index contributed by atoms with van der Waals surface area (Å²) < 4.78 is 20.3. The number of aliphatic hydroxyl groups is 1. The molecule has 119 heavy (non-hydrogen) atoms. The third kappa shape index (κ3) is 19.0. The van der Waals surface area contributed by atoms with Crippen LogP contribution in [0.3, 0.4) is 0 Å². The number of hydrogen-bond acceptors (Lipinski definition) is 15. The summed E-state index contributed by atoms with van der Waals surface area (Å²) >= 11 is 0. The van der Waals surface area contributed by atoms with Crippen LogP contribution in [-0.2, 0) is 67.5 Å². The second-order valence-electron chi connectivity index (χ2n) is 29.9. The van der Waals surface area contributed by atoms with Gasteiger partial charge in [-0.3, -0.25) is 33.6 Å². The lowest BCUT2D eigenvalue weighted by atomic mass is 10.0. The molecule has 4 heterocycles. The van der Waals surface area contributed by atoms with Crippen LogP contribution in [0.15, 0.2) is 248 Å². The molecule has 0 radical (unpaired) electrons. The summed E-state index contributed by atoms with van der Waals surface area (Å²) in [6, 6.07) is 77.0. The molecule has 602 valence electrons. The SMILES string of the molecule is C.CC(=O)OCc1cccc(-c2[nH]c3cc(NC(=O)[C@@H]4C[C@H]4c4ccccc4)cc4c3c2C=NNC4=O)c1.COC(=O)c1cc(NC(=O)C2C[C@H]2c2ccccc2)cc2[nH]c(-c3cccc(CO)c3)cc12.COC(=O)c1cc(NC(=O)C2C[C@H]2c2ccccc2)cc2[nH]c(-c3cccc(COC(C)=O)c3)cc12.O=C(O)C1C[C@H]1c1ccccc1. The van der Waals surface area contributed by atoms with Crippen molar-refractivity contribution in [1.82, 2.24) is 20.4 Å². The maximum absolute atomic E-state index is 13.0. The number of rotatable bonds is 21. The van der Waals surface area contributed by atoms with E-state index in [4.69, 9.17) is 24.1 Å². The minimum atomic E-state index is -0.663. The van der Waals surface area contributed by atoms with E-state index in [1.165, 1.54) is 33.6 Å². The Hall–Kier alpha value is -14.3. The van der Waals surface area contributed by atoms with Crippen LogP contribution in [-0.4, -0.2) is 99.1 Å². The van der Waals surface area contributed by atoms with Crippen molar-refractivity contribution in [3.63, 3.8) is 0 Å². The van der Waals surface area contributed by atoms with E-state index < -0.39 is 17.9 Å². The minimum Gasteiger partial charge on any atom is -0.481 e. The summed E-state index contributed by atoms with van der Waals surface area (Å²) in [6.45, 7) is 3.04. The maximum Gasteiger partial charge on any atom is 0.338 e. The highest BCUT2D eigenvalue weighted by molar-refractivity contribution is 6.19. The van der Waals surface area contributed by atoms with Crippen molar-refractivity contribution in [2.75, 3.05) is 30.2 Å². The Bertz CT molecular complexity index is 6060. The van der Waals surface area contributed by atoms with Gasteiger partial charge in [-0.2, -0.15) is 5.10 Å². The van der Waals surface area contributed by atoms with Crippen LogP contribution in [0.1, 0.15) is 146 Å². The van der Waals surface area contributed by atoms with Crippen LogP contribution in [0.5, 0.6) is 0 Å². The van der Waals surface area contributed by atoms with Gasteiger partial charge in [0.1, 0.15) is 13.2 Å². The number of aromatic amines is 3. The highest BCUT2D eigenvalue weighted by Crippen LogP contribution is 2.51. The molecule has 23 heteroatoms. The number of aliphatic carboxylic acids is 1. The first-order valence-electron chi connectivity index (χ1n) is 38.8. The Morgan fingerprint density at radius 1 is 0.437 bits per heavy atom. The van der Waals surface area contributed by atoms with E-state index in [9.17, 15) is 48.3 Å². The van der Waals surface area contributed by atoms with E-state index >= 15 is 0 Å². The van der Waals surface area contributed by atoms with Crippen molar-refractivity contribution < 1.29 is 72.3 Å². The number of anilines is 3. The van der Waals surface area contributed by atoms with Crippen LogP contribution < -0.4 is 21.4 Å². The number of aliphatic hydroxyl groups excluding tert-OH is 1. The zero-order valence-electron chi connectivity index (χ0n) is 64.9. The average Bonchev–Trinajstić information content (AvgIpc) is 1.62. The van der Waals surface area contributed by atoms with E-state index in [1.807, 2.05) is 224 Å². The fourth-order valence-corrected chi connectivity index (χ4v) is 15.4. The summed E-state index contributed by atoms with van der Waals surface area (Å²) in [5, 5.41) is 33.3. The smallest absolute Gasteiger partial charge is 0.338 e. The summed E-state index contributed by atoms with van der Waals surface area (Å²) in [6.07, 6.45) is 4.85. The van der Waals surface area contributed by atoms with Crippen LogP contribution in [0, 0.1) is 23.7 Å². The lowest BCUT2D eigenvalue weighted by Crippen LogP contribution is -2.18. The number of ether oxygens (including phenoxy) is 4. The second kappa shape index (κ2) is 35.8. The first kappa shape index (κ1) is 81.3. The van der Waals surface area contributed by atoms with Gasteiger partial charge in [-0.25, -0.2) is 15.0 Å². The van der Waals surface area contributed by atoms with Crippen molar-refractivity contribution in [3.05, 3.63) is 304 Å². The Morgan fingerprint density at radius 2 is 0.815 bits per heavy atom. The number of carbonyl (C=O) groups is 9. The van der Waals surface area contributed by atoms with Crippen LogP contribution in [0.25, 0.3) is 66.5 Å². The molecule has 4 aliphatic carbocycles. The van der Waals surface area contributed by atoms with Gasteiger partial charge in [0.2, 0.25) is 17.7 Å². The van der Waals surface area contributed by atoms with Gasteiger partial charge >= 0.3 is 29.8 Å². The van der Waals surface area contributed by atoms with Gasteiger partial charge in [0.15, 0.2) is 0 Å². The average molecular weight is 1590 g/mol. The number of hydrazone groups is 1. The third-order valence-corrected chi connectivity index (χ3v) is 21.8. The van der Waals surface area contributed by atoms with Crippen LogP contribution >= 0.6 is 0 Å². The van der Waals surface area contributed by atoms with E-state index in [2.05, 4.69) is 41.4 Å². The molecule has 0 bridgehead atoms. The Morgan fingerprint density at radius 3 is 1.22 bits per heavy atom. The highest BCUT2D eigenvalue weighted by Gasteiger charge is 2.47. The van der Waals surface area contributed by atoms with Crippen molar-refractivity contribution in [2.45, 2.75) is 90.4 Å². The molecule has 4 fully saturated rings. The zero-order valence-corrected chi connectivity index (χ0v) is 64.9. The number of carboxylic acids is 1. The molecule has 4 amide bonds. The first-order valence-corrected chi connectivity index (χ1v) is 38.8. The molecule has 0 spiro atoms. The quantitative estimate of drug-likeness (QED) is 0.0238. The fraction of sp³-hybridized carbons (Fsp3) is 0.208. The number of nitrogens with one attached hydrogen (secondary N) is 7. The number of hydrogen-bond donors (Lipinski definition) is 9. The molecular formula is C96H88N8O15. The van der Waals surface area contributed by atoms with E-state index in [0.717, 1.165) is 104 Å². The number of H-pyrrole nitrogens is 3. The maximum atomic E-state index is 13.0.